The zero-order valence-electron chi connectivity index (χ0n) is 6.09. The molecule has 0 saturated carbocycles. The summed E-state index contributed by atoms with van der Waals surface area (Å²) in [6.07, 6.45) is 3.26. The van der Waals surface area contributed by atoms with E-state index in [9.17, 15) is 0 Å². The molecule has 1 unspecified atom stereocenters. The van der Waals surface area contributed by atoms with Crippen molar-refractivity contribution in [3.8, 4) is 0 Å². The summed E-state index contributed by atoms with van der Waals surface area (Å²) < 4.78 is 0. The maximum absolute atomic E-state index is 4.00. The molecule has 0 aromatic rings. The van der Waals surface area contributed by atoms with Crippen LogP contribution < -0.4 is 5.43 Å². The first-order valence-electron chi connectivity index (χ1n) is 3.56. The molecule has 1 atom stereocenters. The number of rotatable bonds is 1. The predicted octanol–water partition coefficient (Wildman–Crippen LogP) is 1.24. The first-order chi connectivity index (χ1) is 4.30. The minimum absolute atomic E-state index is 0.700. The van der Waals surface area contributed by atoms with Gasteiger partial charge in [-0.3, -0.25) is 0 Å². The van der Waals surface area contributed by atoms with Gasteiger partial charge in [-0.05, 0) is 12.3 Å². The standard InChI is InChI=1S/C7H14N2/c1-6(2)7-3-4-8-9-5-7/h5-8H,3-4H2,1-2H3. The molecule has 0 spiro atoms. The van der Waals surface area contributed by atoms with E-state index in [4.69, 9.17) is 0 Å². The smallest absolute Gasteiger partial charge is 0.0335 e. The molecule has 1 rings (SSSR count). The molecule has 9 heavy (non-hydrogen) atoms. The van der Waals surface area contributed by atoms with Gasteiger partial charge in [0.2, 0.25) is 0 Å². The van der Waals surface area contributed by atoms with E-state index in [1.807, 2.05) is 6.21 Å². The van der Waals surface area contributed by atoms with Crippen molar-refractivity contribution >= 4 is 6.21 Å². The maximum Gasteiger partial charge on any atom is 0.0335 e. The fourth-order valence-corrected chi connectivity index (χ4v) is 1.02. The lowest BCUT2D eigenvalue weighted by Gasteiger charge is -2.19. The van der Waals surface area contributed by atoms with Gasteiger partial charge in [0.25, 0.3) is 0 Å². The molecule has 1 aliphatic heterocycles. The molecule has 2 nitrogen and oxygen atoms in total. The minimum atomic E-state index is 0.700. The van der Waals surface area contributed by atoms with E-state index < -0.39 is 0 Å². The molecule has 0 radical (unpaired) electrons. The lowest BCUT2D eigenvalue weighted by atomic mass is 9.93. The van der Waals surface area contributed by atoms with Crippen molar-refractivity contribution in [3.05, 3.63) is 0 Å². The van der Waals surface area contributed by atoms with Gasteiger partial charge in [0, 0.05) is 18.7 Å². The number of hydrogen-bond donors (Lipinski definition) is 1. The zero-order valence-corrected chi connectivity index (χ0v) is 6.09. The van der Waals surface area contributed by atoms with E-state index in [0.29, 0.717) is 5.92 Å². The molecule has 2 heteroatoms. The van der Waals surface area contributed by atoms with E-state index in [1.165, 1.54) is 6.42 Å². The zero-order chi connectivity index (χ0) is 6.69. The molecule has 52 valence electrons. The normalized spacial score (nSPS) is 26.3. The Morgan fingerprint density at radius 1 is 1.67 bits per heavy atom. The lowest BCUT2D eigenvalue weighted by Crippen LogP contribution is -2.23. The van der Waals surface area contributed by atoms with Gasteiger partial charge in [0.05, 0.1) is 0 Å². The molecule has 0 amide bonds. The van der Waals surface area contributed by atoms with Gasteiger partial charge in [-0.2, -0.15) is 5.10 Å². The lowest BCUT2D eigenvalue weighted by molar-refractivity contribution is 0.437. The topological polar surface area (TPSA) is 24.4 Å². The van der Waals surface area contributed by atoms with Crippen LogP contribution in [0.2, 0.25) is 0 Å². The van der Waals surface area contributed by atoms with Crippen LogP contribution in [-0.2, 0) is 0 Å². The second kappa shape index (κ2) is 2.85. The Kier molecular flexibility index (Phi) is 2.09. The van der Waals surface area contributed by atoms with Crippen molar-refractivity contribution in [1.29, 1.82) is 0 Å². The van der Waals surface area contributed by atoms with Gasteiger partial charge >= 0.3 is 0 Å². The summed E-state index contributed by atoms with van der Waals surface area (Å²) in [5.41, 5.74) is 2.94. The largest absolute Gasteiger partial charge is 0.310 e. The van der Waals surface area contributed by atoms with Crippen molar-refractivity contribution in [2.75, 3.05) is 6.54 Å². The van der Waals surface area contributed by atoms with Crippen molar-refractivity contribution in [2.24, 2.45) is 16.9 Å². The quantitative estimate of drug-likeness (QED) is 0.561. The summed E-state index contributed by atoms with van der Waals surface area (Å²) >= 11 is 0. The van der Waals surface area contributed by atoms with Crippen LogP contribution in [0.4, 0.5) is 0 Å². The highest BCUT2D eigenvalue weighted by molar-refractivity contribution is 5.61. The van der Waals surface area contributed by atoms with E-state index in [0.717, 1.165) is 12.5 Å². The second-order valence-electron chi connectivity index (χ2n) is 2.88. The van der Waals surface area contributed by atoms with Gasteiger partial charge < -0.3 is 5.43 Å². The van der Waals surface area contributed by atoms with E-state index in [-0.39, 0.29) is 0 Å². The molecule has 0 aromatic heterocycles. The molecule has 0 saturated heterocycles. The molecular weight excluding hydrogens is 112 g/mol. The molecular formula is C7H14N2. The van der Waals surface area contributed by atoms with E-state index >= 15 is 0 Å². The number of nitrogens with one attached hydrogen (secondary N) is 1. The third kappa shape index (κ3) is 1.70. The highest BCUT2D eigenvalue weighted by Crippen LogP contribution is 2.13. The fourth-order valence-electron chi connectivity index (χ4n) is 1.02. The highest BCUT2D eigenvalue weighted by atomic mass is 15.3. The Bertz CT molecular complexity index is 107. The average molecular weight is 126 g/mol. The maximum atomic E-state index is 4.00. The number of hydrazone groups is 1. The number of nitrogens with zero attached hydrogens (tertiary/aromatic N) is 1. The average Bonchev–Trinajstić information content (AvgIpc) is 1.90. The molecule has 1 aliphatic rings. The summed E-state index contributed by atoms with van der Waals surface area (Å²) in [7, 11) is 0. The Morgan fingerprint density at radius 3 is 2.78 bits per heavy atom. The molecule has 0 aromatic carbocycles. The predicted molar refractivity (Wildman–Crippen MR) is 39.4 cm³/mol. The van der Waals surface area contributed by atoms with Gasteiger partial charge in [-0.15, -0.1) is 0 Å². The Labute approximate surface area is 56.3 Å². The van der Waals surface area contributed by atoms with Crippen molar-refractivity contribution in [2.45, 2.75) is 20.3 Å². The van der Waals surface area contributed by atoms with Crippen LogP contribution >= 0.6 is 0 Å². The first-order valence-corrected chi connectivity index (χ1v) is 3.56. The van der Waals surface area contributed by atoms with Crippen LogP contribution in [0, 0.1) is 11.8 Å². The Morgan fingerprint density at radius 2 is 2.44 bits per heavy atom. The molecule has 0 bridgehead atoms. The first kappa shape index (κ1) is 6.59. The van der Waals surface area contributed by atoms with Gasteiger partial charge in [-0.1, -0.05) is 13.8 Å². The number of hydrogen-bond acceptors (Lipinski definition) is 2. The van der Waals surface area contributed by atoms with Crippen LogP contribution in [-0.4, -0.2) is 12.8 Å². The Hall–Kier alpha value is -0.530. The minimum Gasteiger partial charge on any atom is -0.310 e. The summed E-state index contributed by atoms with van der Waals surface area (Å²) in [6, 6.07) is 0. The van der Waals surface area contributed by atoms with Crippen molar-refractivity contribution in [1.82, 2.24) is 5.43 Å². The van der Waals surface area contributed by atoms with Crippen molar-refractivity contribution in [3.63, 3.8) is 0 Å². The van der Waals surface area contributed by atoms with Gasteiger partial charge in [0.1, 0.15) is 0 Å². The van der Waals surface area contributed by atoms with Gasteiger partial charge in [-0.25, -0.2) is 0 Å². The van der Waals surface area contributed by atoms with Gasteiger partial charge in [0.15, 0.2) is 0 Å². The van der Waals surface area contributed by atoms with Crippen LogP contribution in [0.25, 0.3) is 0 Å². The third-order valence-corrected chi connectivity index (χ3v) is 1.80. The summed E-state index contributed by atoms with van der Waals surface area (Å²) in [5.74, 6) is 1.45. The SMILES string of the molecule is CC(C)C1C=NNCC1. The second-order valence-corrected chi connectivity index (χ2v) is 2.88. The molecule has 0 aliphatic carbocycles. The van der Waals surface area contributed by atoms with Crippen LogP contribution in [0.3, 0.4) is 0 Å². The van der Waals surface area contributed by atoms with Crippen molar-refractivity contribution < 1.29 is 0 Å². The molecule has 0 fully saturated rings. The summed E-state index contributed by atoms with van der Waals surface area (Å²) in [6.45, 7) is 5.52. The monoisotopic (exact) mass is 126 g/mol. The summed E-state index contributed by atoms with van der Waals surface area (Å²) in [5, 5.41) is 4.00. The van der Waals surface area contributed by atoms with Crippen LogP contribution in [0.15, 0.2) is 5.10 Å². The van der Waals surface area contributed by atoms with Crippen LogP contribution in [0.1, 0.15) is 20.3 Å². The van der Waals surface area contributed by atoms with E-state index in [1.54, 1.807) is 0 Å². The van der Waals surface area contributed by atoms with E-state index in [2.05, 4.69) is 24.4 Å². The summed E-state index contributed by atoms with van der Waals surface area (Å²) in [4.78, 5) is 0. The highest BCUT2D eigenvalue weighted by Gasteiger charge is 2.12. The molecule has 1 heterocycles. The van der Waals surface area contributed by atoms with Crippen LogP contribution in [0.5, 0.6) is 0 Å². The third-order valence-electron chi connectivity index (χ3n) is 1.80. The molecule has 1 N–H and O–H groups in total. The Balaban J connectivity index is 2.40. The fraction of sp³-hybridized carbons (Fsp3) is 0.857.